The predicted octanol–water partition coefficient (Wildman–Crippen LogP) is 3.17. The van der Waals surface area contributed by atoms with Crippen molar-refractivity contribution in [2.24, 2.45) is 0 Å². The third kappa shape index (κ3) is 1.78. The molecule has 0 spiro atoms. The van der Waals surface area contributed by atoms with Crippen molar-refractivity contribution >= 4 is 17.3 Å². The second kappa shape index (κ2) is 4.34. The molecule has 2 aromatic carbocycles. The first-order valence-corrected chi connectivity index (χ1v) is 5.93. The van der Waals surface area contributed by atoms with Gasteiger partial charge in [-0.2, -0.15) is 8.78 Å². The van der Waals surface area contributed by atoms with Gasteiger partial charge in [0, 0.05) is 6.92 Å². The summed E-state index contributed by atoms with van der Waals surface area (Å²) in [5, 5.41) is 18.7. The highest BCUT2D eigenvalue weighted by Crippen LogP contribution is 2.51. The van der Waals surface area contributed by atoms with Gasteiger partial charge < -0.3 is 14.9 Å². The molecule has 5 nitrogen and oxygen atoms in total. The Morgan fingerprint density at radius 2 is 1.43 bits per heavy atom. The first kappa shape index (κ1) is 13.2. The Morgan fingerprint density at radius 1 is 1.00 bits per heavy atom. The smallest absolute Gasteiger partial charge is 0.228 e. The second-order valence-corrected chi connectivity index (χ2v) is 4.45. The second-order valence-electron chi connectivity index (χ2n) is 4.45. The minimum Gasteiger partial charge on any atom is -0.505 e. The Morgan fingerprint density at radius 3 is 1.81 bits per heavy atom. The maximum absolute atomic E-state index is 13.9. The number of hydrogen-bond acceptors (Lipinski definition) is 4. The van der Waals surface area contributed by atoms with Crippen molar-refractivity contribution in [1.82, 2.24) is 0 Å². The molecule has 0 radical (unpaired) electrons. The SMILES string of the molecule is CC(=O)N1c2ccc(O)c(F)c2Oc2c1ccc(O)c2F. The Labute approximate surface area is 117 Å². The quantitative estimate of drug-likeness (QED) is 0.782. The highest BCUT2D eigenvalue weighted by Gasteiger charge is 2.33. The number of rotatable bonds is 0. The number of carbonyl (C=O) groups is 1. The van der Waals surface area contributed by atoms with Gasteiger partial charge in [0.15, 0.2) is 23.0 Å². The zero-order chi connectivity index (χ0) is 15.3. The molecule has 0 saturated heterocycles. The lowest BCUT2D eigenvalue weighted by Gasteiger charge is -2.30. The molecule has 2 N–H and O–H groups in total. The number of amides is 1. The average molecular weight is 293 g/mol. The van der Waals surface area contributed by atoms with Crippen molar-refractivity contribution in [2.45, 2.75) is 6.92 Å². The van der Waals surface area contributed by atoms with Crippen molar-refractivity contribution in [3.05, 3.63) is 35.9 Å². The highest BCUT2D eigenvalue weighted by atomic mass is 19.1. The van der Waals surface area contributed by atoms with Crippen LogP contribution in [-0.4, -0.2) is 16.1 Å². The summed E-state index contributed by atoms with van der Waals surface area (Å²) in [5.41, 5.74) is 0.0748. The Balaban J connectivity index is 2.33. The maximum atomic E-state index is 13.9. The largest absolute Gasteiger partial charge is 0.505 e. The summed E-state index contributed by atoms with van der Waals surface area (Å²) in [6, 6.07) is 4.69. The van der Waals surface area contributed by atoms with Gasteiger partial charge in [0.25, 0.3) is 0 Å². The van der Waals surface area contributed by atoms with Crippen LogP contribution < -0.4 is 9.64 Å². The van der Waals surface area contributed by atoms with E-state index < -0.39 is 40.5 Å². The number of phenols is 2. The number of benzene rings is 2. The van der Waals surface area contributed by atoms with Crippen molar-refractivity contribution in [3.63, 3.8) is 0 Å². The molecule has 3 rings (SSSR count). The van der Waals surface area contributed by atoms with Crippen LogP contribution in [0.4, 0.5) is 20.2 Å². The van der Waals surface area contributed by atoms with E-state index in [9.17, 15) is 23.8 Å². The van der Waals surface area contributed by atoms with Crippen LogP contribution in [0.2, 0.25) is 0 Å². The van der Waals surface area contributed by atoms with Crippen LogP contribution in [0.15, 0.2) is 24.3 Å². The molecule has 108 valence electrons. The number of ether oxygens (including phenoxy) is 1. The third-order valence-corrected chi connectivity index (χ3v) is 3.11. The van der Waals surface area contributed by atoms with Gasteiger partial charge in [-0.3, -0.25) is 9.69 Å². The molecule has 0 unspecified atom stereocenters. The van der Waals surface area contributed by atoms with Crippen LogP contribution in [0.25, 0.3) is 0 Å². The van der Waals surface area contributed by atoms with E-state index in [0.717, 1.165) is 17.0 Å². The summed E-state index contributed by atoms with van der Waals surface area (Å²) in [7, 11) is 0. The zero-order valence-electron chi connectivity index (χ0n) is 10.7. The van der Waals surface area contributed by atoms with Gasteiger partial charge in [-0.15, -0.1) is 0 Å². The first-order chi connectivity index (χ1) is 9.91. The number of anilines is 2. The van der Waals surface area contributed by atoms with Crippen LogP contribution in [0.1, 0.15) is 6.92 Å². The normalized spacial score (nSPS) is 12.4. The van der Waals surface area contributed by atoms with E-state index in [1.165, 1.54) is 19.1 Å². The van der Waals surface area contributed by atoms with E-state index in [1.807, 2.05) is 0 Å². The molecule has 0 atom stereocenters. The molecule has 1 amide bonds. The van der Waals surface area contributed by atoms with E-state index in [0.29, 0.717) is 0 Å². The van der Waals surface area contributed by atoms with Gasteiger partial charge in [-0.05, 0) is 24.3 Å². The summed E-state index contributed by atoms with van der Waals surface area (Å²) < 4.78 is 33.0. The lowest BCUT2D eigenvalue weighted by molar-refractivity contribution is -0.115. The molecule has 1 aliphatic rings. The Bertz CT molecular complexity index is 719. The van der Waals surface area contributed by atoms with Crippen molar-refractivity contribution in [3.8, 4) is 23.0 Å². The summed E-state index contributed by atoms with van der Waals surface area (Å²) in [4.78, 5) is 12.9. The number of halogens is 2. The summed E-state index contributed by atoms with van der Waals surface area (Å²) >= 11 is 0. The molecule has 1 aliphatic heterocycles. The average Bonchev–Trinajstić information content (AvgIpc) is 2.45. The topological polar surface area (TPSA) is 70.0 Å². The van der Waals surface area contributed by atoms with E-state index in [4.69, 9.17) is 4.74 Å². The standard InChI is InChI=1S/C14H9F2NO4/c1-6(18)17-7-2-4-9(19)11(15)13(7)21-14-8(17)3-5-10(20)12(14)16/h2-5,19-20H,1H3. The maximum Gasteiger partial charge on any atom is 0.228 e. The summed E-state index contributed by atoms with van der Waals surface area (Å²) in [6.07, 6.45) is 0. The molecular weight excluding hydrogens is 284 g/mol. The fourth-order valence-corrected chi connectivity index (χ4v) is 2.19. The summed E-state index contributed by atoms with van der Waals surface area (Å²) in [6.45, 7) is 1.22. The third-order valence-electron chi connectivity index (χ3n) is 3.11. The molecule has 0 bridgehead atoms. The number of carbonyl (C=O) groups excluding carboxylic acids is 1. The minimum absolute atomic E-state index is 0.0374. The van der Waals surface area contributed by atoms with Crippen LogP contribution in [-0.2, 0) is 4.79 Å². The molecule has 2 aromatic rings. The highest BCUT2D eigenvalue weighted by molar-refractivity contribution is 6.03. The van der Waals surface area contributed by atoms with Gasteiger partial charge in [0.1, 0.15) is 0 Å². The number of phenolic OH excluding ortho intramolecular Hbond substituents is 2. The molecule has 0 saturated carbocycles. The number of nitrogens with zero attached hydrogens (tertiary/aromatic N) is 1. The van der Waals surface area contributed by atoms with Gasteiger partial charge in [-0.25, -0.2) is 0 Å². The molecule has 0 fully saturated rings. The van der Waals surface area contributed by atoms with E-state index in [1.54, 1.807) is 0 Å². The fraction of sp³-hybridized carbons (Fsp3) is 0.0714. The zero-order valence-corrected chi connectivity index (χ0v) is 10.7. The van der Waals surface area contributed by atoms with Crippen LogP contribution >= 0.6 is 0 Å². The molecule has 0 aromatic heterocycles. The lowest BCUT2D eigenvalue weighted by Crippen LogP contribution is -2.26. The van der Waals surface area contributed by atoms with Gasteiger partial charge >= 0.3 is 0 Å². The molecular formula is C14H9F2NO4. The van der Waals surface area contributed by atoms with Gasteiger partial charge in [0.05, 0.1) is 11.4 Å². The first-order valence-electron chi connectivity index (χ1n) is 5.93. The lowest BCUT2D eigenvalue weighted by atomic mass is 10.1. The van der Waals surface area contributed by atoms with Crippen molar-refractivity contribution < 1.29 is 28.5 Å². The fourth-order valence-electron chi connectivity index (χ4n) is 2.19. The van der Waals surface area contributed by atoms with Crippen molar-refractivity contribution in [1.29, 1.82) is 0 Å². The number of fused-ring (bicyclic) bond motifs is 2. The molecule has 1 heterocycles. The van der Waals surface area contributed by atoms with Crippen LogP contribution in [0.3, 0.4) is 0 Å². The molecule has 21 heavy (non-hydrogen) atoms. The molecule has 7 heteroatoms. The van der Waals surface area contributed by atoms with Crippen LogP contribution in [0.5, 0.6) is 23.0 Å². The molecule has 0 aliphatic carbocycles. The monoisotopic (exact) mass is 293 g/mol. The van der Waals surface area contributed by atoms with Crippen LogP contribution in [0, 0.1) is 11.6 Å². The number of hydrogen-bond donors (Lipinski definition) is 2. The Hall–Kier alpha value is -2.83. The minimum atomic E-state index is -1.12. The van der Waals surface area contributed by atoms with Gasteiger partial charge in [0.2, 0.25) is 17.5 Å². The van der Waals surface area contributed by atoms with E-state index in [-0.39, 0.29) is 11.4 Å². The van der Waals surface area contributed by atoms with E-state index in [2.05, 4.69) is 0 Å². The van der Waals surface area contributed by atoms with Crippen molar-refractivity contribution in [2.75, 3.05) is 4.90 Å². The van der Waals surface area contributed by atoms with E-state index >= 15 is 0 Å². The van der Waals surface area contributed by atoms with Gasteiger partial charge in [-0.1, -0.05) is 0 Å². The predicted molar refractivity (Wildman–Crippen MR) is 69.0 cm³/mol. The number of aromatic hydroxyl groups is 2. The summed E-state index contributed by atoms with van der Waals surface area (Å²) in [5.74, 6) is -5.10. The Kier molecular flexibility index (Phi) is 2.72.